The zero-order chi connectivity index (χ0) is 25.1. The van der Waals surface area contributed by atoms with Gasteiger partial charge in [0.2, 0.25) is 0 Å². The number of pyridine rings is 1. The molecule has 0 aliphatic rings. The predicted octanol–water partition coefficient (Wildman–Crippen LogP) is 4.73. The fourth-order valence-corrected chi connectivity index (χ4v) is 3.71. The van der Waals surface area contributed by atoms with Gasteiger partial charge in [-0.05, 0) is 50.2 Å². The van der Waals surface area contributed by atoms with Crippen LogP contribution < -0.4 is 19.7 Å². The Labute approximate surface area is 203 Å². The third-order valence-electron chi connectivity index (χ3n) is 5.91. The van der Waals surface area contributed by atoms with E-state index in [1.807, 2.05) is 44.0 Å². The molecule has 4 aromatic rings. The van der Waals surface area contributed by atoms with E-state index in [9.17, 15) is 9.18 Å². The third kappa shape index (κ3) is 5.03. The molecular formula is C26H28FN5O3. The van der Waals surface area contributed by atoms with Gasteiger partial charge in [0.25, 0.3) is 5.91 Å². The van der Waals surface area contributed by atoms with Gasteiger partial charge in [-0.15, -0.1) is 0 Å². The fraction of sp³-hybridized carbons (Fsp3) is 0.269. The first kappa shape index (κ1) is 24.0. The van der Waals surface area contributed by atoms with E-state index in [0.29, 0.717) is 46.0 Å². The third-order valence-corrected chi connectivity index (χ3v) is 5.91. The summed E-state index contributed by atoms with van der Waals surface area (Å²) < 4.78 is 27.0. The fourth-order valence-electron chi connectivity index (χ4n) is 3.71. The summed E-state index contributed by atoms with van der Waals surface area (Å²) in [6, 6.07) is 12.1. The van der Waals surface area contributed by atoms with Crippen LogP contribution >= 0.6 is 0 Å². The number of halogens is 1. The monoisotopic (exact) mass is 477 g/mol. The molecule has 0 radical (unpaired) electrons. The molecule has 0 fully saturated rings. The Bertz CT molecular complexity index is 1370. The number of carbonyl (C=O) groups is 1. The number of carbonyl (C=O) groups excluding carboxylic acids is 1. The molecule has 0 unspecified atom stereocenters. The molecule has 8 nitrogen and oxygen atoms in total. The van der Waals surface area contributed by atoms with Gasteiger partial charge in [0.15, 0.2) is 5.65 Å². The Morgan fingerprint density at radius 1 is 1.11 bits per heavy atom. The van der Waals surface area contributed by atoms with E-state index in [1.54, 1.807) is 43.3 Å². The number of hydrogen-bond acceptors (Lipinski definition) is 6. The van der Waals surface area contributed by atoms with Crippen molar-refractivity contribution in [2.45, 2.75) is 26.4 Å². The van der Waals surface area contributed by atoms with Gasteiger partial charge in [0, 0.05) is 42.0 Å². The molecule has 1 N–H and O–H groups in total. The van der Waals surface area contributed by atoms with Crippen LogP contribution in [0.1, 0.15) is 29.8 Å². The van der Waals surface area contributed by atoms with Crippen LogP contribution in [-0.4, -0.2) is 48.0 Å². The lowest BCUT2D eigenvalue weighted by Gasteiger charge is -2.24. The van der Waals surface area contributed by atoms with E-state index in [0.717, 1.165) is 5.56 Å². The van der Waals surface area contributed by atoms with Gasteiger partial charge in [-0.2, -0.15) is 5.10 Å². The largest absolute Gasteiger partial charge is 0.497 e. The van der Waals surface area contributed by atoms with Crippen LogP contribution in [-0.2, 0) is 6.54 Å². The minimum absolute atomic E-state index is 0.148. The van der Waals surface area contributed by atoms with Crippen LogP contribution in [0.15, 0.2) is 54.9 Å². The summed E-state index contributed by atoms with van der Waals surface area (Å²) >= 11 is 0. The quantitative estimate of drug-likeness (QED) is 0.395. The lowest BCUT2D eigenvalue weighted by atomic mass is 10.2. The van der Waals surface area contributed by atoms with Crippen molar-refractivity contribution in [2.75, 3.05) is 31.5 Å². The predicted molar refractivity (Wildman–Crippen MR) is 134 cm³/mol. The molecule has 0 aliphatic carbocycles. The minimum atomic E-state index is -0.400. The molecule has 2 aromatic heterocycles. The topological polar surface area (TPSA) is 81.5 Å². The normalized spacial score (nSPS) is 11.1. The second-order valence-electron chi connectivity index (χ2n) is 8.44. The van der Waals surface area contributed by atoms with Crippen LogP contribution in [0, 0.1) is 5.82 Å². The van der Waals surface area contributed by atoms with Crippen LogP contribution in [0.3, 0.4) is 0 Å². The summed E-state index contributed by atoms with van der Waals surface area (Å²) in [7, 11) is 5.03. The second kappa shape index (κ2) is 10.0. The van der Waals surface area contributed by atoms with Crippen molar-refractivity contribution in [3.63, 3.8) is 0 Å². The van der Waals surface area contributed by atoms with Gasteiger partial charge < -0.3 is 19.7 Å². The van der Waals surface area contributed by atoms with Crippen molar-refractivity contribution >= 4 is 28.3 Å². The van der Waals surface area contributed by atoms with E-state index < -0.39 is 5.82 Å². The van der Waals surface area contributed by atoms with Crippen LogP contribution in [0.4, 0.5) is 15.8 Å². The molecule has 0 aliphatic heterocycles. The number of hydrogen-bond donors (Lipinski definition) is 1. The number of anilines is 2. The summed E-state index contributed by atoms with van der Waals surface area (Å²) in [5, 5.41) is 7.88. The Hall–Kier alpha value is -4.14. The van der Waals surface area contributed by atoms with E-state index in [1.165, 1.54) is 12.3 Å². The maximum Gasteiger partial charge on any atom is 0.257 e. The van der Waals surface area contributed by atoms with Crippen molar-refractivity contribution in [1.82, 2.24) is 14.8 Å². The SMILES string of the molecule is COc1ccc(Cn2ncc3cc(C(=O)Nc4ccc(N(C)C(C)C)c(F)c4)cnc32)c(OC)c1. The molecule has 9 heteroatoms. The smallest absolute Gasteiger partial charge is 0.257 e. The molecule has 0 atom stereocenters. The number of fused-ring (bicyclic) bond motifs is 1. The van der Waals surface area contributed by atoms with E-state index >= 15 is 0 Å². The maximum atomic E-state index is 14.6. The van der Waals surface area contributed by atoms with Crippen LogP contribution in [0.25, 0.3) is 11.0 Å². The van der Waals surface area contributed by atoms with E-state index in [2.05, 4.69) is 15.4 Å². The van der Waals surface area contributed by atoms with Gasteiger partial charge >= 0.3 is 0 Å². The first-order valence-electron chi connectivity index (χ1n) is 11.2. The van der Waals surface area contributed by atoms with Gasteiger partial charge in [-0.25, -0.2) is 14.1 Å². The van der Waals surface area contributed by atoms with Crippen molar-refractivity contribution in [2.24, 2.45) is 0 Å². The number of nitrogens with zero attached hydrogens (tertiary/aromatic N) is 4. The zero-order valence-electron chi connectivity index (χ0n) is 20.4. The molecule has 0 spiro atoms. The van der Waals surface area contributed by atoms with Crippen molar-refractivity contribution in [1.29, 1.82) is 0 Å². The van der Waals surface area contributed by atoms with Crippen molar-refractivity contribution < 1.29 is 18.7 Å². The lowest BCUT2D eigenvalue weighted by molar-refractivity contribution is 0.102. The highest BCUT2D eigenvalue weighted by Gasteiger charge is 2.15. The van der Waals surface area contributed by atoms with Gasteiger partial charge in [-0.3, -0.25) is 4.79 Å². The first-order valence-corrected chi connectivity index (χ1v) is 11.2. The standard InChI is InChI=1S/C26H28FN5O3/c1-16(2)31(3)23-9-7-20(11-22(23)27)30-26(33)19-10-18-14-29-32(25(18)28-13-19)15-17-6-8-21(34-4)12-24(17)35-5/h6-14,16H,15H2,1-5H3,(H,30,33). The van der Waals surface area contributed by atoms with Crippen molar-refractivity contribution in [3.05, 3.63) is 71.8 Å². The summed E-state index contributed by atoms with van der Waals surface area (Å²) in [5.74, 6) is 0.601. The molecule has 4 rings (SSSR count). The Kier molecular flexibility index (Phi) is 6.86. The number of amides is 1. The summed E-state index contributed by atoms with van der Waals surface area (Å²) in [5.41, 5.74) is 2.74. The molecule has 0 bridgehead atoms. The highest BCUT2D eigenvalue weighted by molar-refractivity contribution is 6.05. The van der Waals surface area contributed by atoms with E-state index in [4.69, 9.17) is 9.47 Å². The Morgan fingerprint density at radius 3 is 2.60 bits per heavy atom. The Balaban J connectivity index is 1.52. The van der Waals surface area contributed by atoms with Crippen LogP contribution in [0.2, 0.25) is 0 Å². The molecular weight excluding hydrogens is 449 g/mol. The molecule has 182 valence electrons. The first-order chi connectivity index (χ1) is 16.8. The molecule has 2 heterocycles. The number of nitrogens with one attached hydrogen (secondary N) is 1. The molecule has 1 amide bonds. The van der Waals surface area contributed by atoms with Crippen molar-refractivity contribution in [3.8, 4) is 11.5 Å². The molecule has 0 saturated carbocycles. The van der Waals surface area contributed by atoms with Gasteiger partial charge in [-0.1, -0.05) is 0 Å². The number of benzene rings is 2. The molecule has 0 saturated heterocycles. The number of aromatic nitrogens is 3. The highest BCUT2D eigenvalue weighted by atomic mass is 19.1. The lowest BCUT2D eigenvalue weighted by Crippen LogP contribution is -2.26. The average molecular weight is 478 g/mol. The average Bonchev–Trinajstić information content (AvgIpc) is 3.25. The number of rotatable bonds is 8. The molecule has 35 heavy (non-hydrogen) atoms. The summed E-state index contributed by atoms with van der Waals surface area (Å²) in [4.78, 5) is 19.1. The highest BCUT2D eigenvalue weighted by Crippen LogP contribution is 2.27. The van der Waals surface area contributed by atoms with Gasteiger partial charge in [0.05, 0.1) is 38.2 Å². The second-order valence-corrected chi connectivity index (χ2v) is 8.44. The number of methoxy groups -OCH3 is 2. The summed E-state index contributed by atoms with van der Waals surface area (Å²) in [6.45, 7) is 4.40. The van der Waals surface area contributed by atoms with Gasteiger partial charge in [0.1, 0.15) is 17.3 Å². The van der Waals surface area contributed by atoms with E-state index in [-0.39, 0.29) is 11.9 Å². The minimum Gasteiger partial charge on any atom is -0.497 e. The van der Waals surface area contributed by atoms with Crippen LogP contribution in [0.5, 0.6) is 11.5 Å². The zero-order valence-corrected chi connectivity index (χ0v) is 20.4. The molecule has 2 aromatic carbocycles. The summed E-state index contributed by atoms with van der Waals surface area (Å²) in [6.07, 6.45) is 3.14. The number of ether oxygens (including phenoxy) is 2. The Morgan fingerprint density at radius 2 is 1.91 bits per heavy atom. The maximum absolute atomic E-state index is 14.6.